The molecule has 0 aliphatic carbocycles. The number of imidazole rings is 1. The van der Waals surface area contributed by atoms with E-state index in [9.17, 15) is 22.0 Å². The summed E-state index contributed by atoms with van der Waals surface area (Å²) in [4.78, 5) is 19.6. The first-order valence-electron chi connectivity index (χ1n) is 12.7. The Morgan fingerprint density at radius 1 is 1.03 bits per heavy atom. The van der Waals surface area contributed by atoms with Gasteiger partial charge in [0.15, 0.2) is 0 Å². The van der Waals surface area contributed by atoms with Gasteiger partial charge in [-0.25, -0.2) is 27.3 Å². The predicted molar refractivity (Wildman–Crippen MR) is 146 cm³/mol. The summed E-state index contributed by atoms with van der Waals surface area (Å²) in [5.74, 6) is -2.75. The first-order valence-corrected chi connectivity index (χ1v) is 14.2. The number of piperidine rings is 1. The van der Waals surface area contributed by atoms with Gasteiger partial charge in [0, 0.05) is 36.8 Å². The van der Waals surface area contributed by atoms with Crippen molar-refractivity contribution in [2.24, 2.45) is 5.14 Å². The lowest BCUT2D eigenvalue weighted by Crippen LogP contribution is -2.35. The zero-order valence-electron chi connectivity index (χ0n) is 21.4. The fourth-order valence-corrected chi connectivity index (χ4v) is 5.43. The predicted octanol–water partition coefficient (Wildman–Crippen LogP) is 5.21. The van der Waals surface area contributed by atoms with E-state index in [4.69, 9.17) is 10.1 Å². The van der Waals surface area contributed by atoms with E-state index in [1.165, 1.54) is 18.2 Å². The monoisotopic (exact) mass is 553 g/mol. The molecule has 0 unspecified atom stereocenters. The number of carbonyl (C=O) groups is 1. The second kappa shape index (κ2) is 10.4. The minimum Gasteiger partial charge on any atom is -0.339 e. The van der Waals surface area contributed by atoms with Crippen molar-refractivity contribution in [3.63, 3.8) is 0 Å². The number of rotatable bonds is 7. The second-order valence-electron chi connectivity index (χ2n) is 9.82. The summed E-state index contributed by atoms with van der Waals surface area (Å²) >= 11 is 0. The molecule has 11 heteroatoms. The van der Waals surface area contributed by atoms with Gasteiger partial charge < -0.3 is 14.8 Å². The second-order valence-corrected chi connectivity index (χ2v) is 11.4. The van der Waals surface area contributed by atoms with Gasteiger partial charge >= 0.3 is 0 Å². The summed E-state index contributed by atoms with van der Waals surface area (Å²) < 4.78 is 53.9. The number of hydrogen-bond acceptors (Lipinski definition) is 5. The molecule has 4 aromatic rings. The first kappa shape index (κ1) is 26.8. The van der Waals surface area contributed by atoms with Crippen molar-refractivity contribution in [1.29, 1.82) is 0 Å². The van der Waals surface area contributed by atoms with Gasteiger partial charge in [-0.2, -0.15) is 0 Å². The van der Waals surface area contributed by atoms with Gasteiger partial charge in [0.1, 0.15) is 0 Å². The van der Waals surface area contributed by atoms with E-state index >= 15 is 0 Å². The minimum absolute atomic E-state index is 0.0403. The summed E-state index contributed by atoms with van der Waals surface area (Å²) in [5.41, 5.74) is 2.55. The maximum absolute atomic E-state index is 14.4. The van der Waals surface area contributed by atoms with E-state index in [0.717, 1.165) is 26.2 Å². The molecular weight excluding hydrogens is 524 g/mol. The van der Waals surface area contributed by atoms with Crippen LogP contribution < -0.4 is 10.5 Å². The van der Waals surface area contributed by atoms with Crippen molar-refractivity contribution in [2.75, 3.05) is 18.4 Å². The van der Waals surface area contributed by atoms with Crippen molar-refractivity contribution in [1.82, 2.24) is 14.5 Å². The van der Waals surface area contributed by atoms with Crippen LogP contribution in [0.5, 0.6) is 0 Å². The molecule has 0 atom stereocenters. The molecule has 1 saturated heterocycles. The molecule has 204 valence electrons. The third-order valence-electron chi connectivity index (χ3n) is 6.90. The van der Waals surface area contributed by atoms with Gasteiger partial charge in [-0.05, 0) is 67.3 Å². The maximum atomic E-state index is 14.4. The van der Waals surface area contributed by atoms with E-state index in [0.29, 0.717) is 46.9 Å². The lowest BCUT2D eigenvalue weighted by Gasteiger charge is -2.26. The molecule has 39 heavy (non-hydrogen) atoms. The van der Waals surface area contributed by atoms with E-state index in [-0.39, 0.29) is 22.9 Å². The normalized spacial score (nSPS) is 14.5. The van der Waals surface area contributed by atoms with Crippen LogP contribution in [0.25, 0.3) is 11.0 Å². The zero-order chi connectivity index (χ0) is 27.8. The number of amides is 1. The molecule has 0 bridgehead atoms. The van der Waals surface area contributed by atoms with Crippen LogP contribution in [0, 0.1) is 0 Å². The molecule has 0 radical (unpaired) electrons. The largest absolute Gasteiger partial charge is 0.339 e. The molecule has 1 amide bonds. The Bertz CT molecular complexity index is 1620. The highest BCUT2D eigenvalue weighted by molar-refractivity contribution is 7.89. The number of sulfonamides is 1. The topological polar surface area (TPSA) is 110 Å². The number of benzene rings is 3. The number of likely N-dealkylation sites (tertiary alicyclic amines) is 1. The van der Waals surface area contributed by atoms with Crippen LogP contribution in [0.2, 0.25) is 0 Å². The molecule has 0 spiro atoms. The summed E-state index contributed by atoms with van der Waals surface area (Å²) in [6.07, 6.45) is 3.06. The highest BCUT2D eigenvalue weighted by Gasteiger charge is 2.28. The lowest BCUT2D eigenvalue weighted by molar-refractivity contribution is 0.0164. The number of alkyl halides is 2. The summed E-state index contributed by atoms with van der Waals surface area (Å²) in [5, 5.41) is 8.37. The SMILES string of the molecule is CC(F)(F)c1ccccc1Cn1c(Nc2ccc(S(N)(=O)=O)cc2)nc2cc(C(=O)N3CCCCC3)ccc21. The smallest absolute Gasteiger partial charge is 0.270 e. The van der Waals surface area contributed by atoms with Gasteiger partial charge in [-0.3, -0.25) is 4.79 Å². The molecule has 3 N–H and O–H groups in total. The fraction of sp³-hybridized carbons (Fsp3) is 0.286. The molecule has 1 aliphatic rings. The van der Waals surface area contributed by atoms with Gasteiger partial charge in [-0.15, -0.1) is 0 Å². The maximum Gasteiger partial charge on any atom is 0.270 e. The number of fused-ring (bicyclic) bond motifs is 1. The average Bonchev–Trinajstić information content (AvgIpc) is 3.24. The van der Waals surface area contributed by atoms with Crippen molar-refractivity contribution in [3.8, 4) is 0 Å². The Kier molecular flexibility index (Phi) is 7.13. The van der Waals surface area contributed by atoms with Crippen molar-refractivity contribution in [3.05, 3.63) is 83.4 Å². The first-order chi connectivity index (χ1) is 18.5. The van der Waals surface area contributed by atoms with E-state index in [1.807, 2.05) is 4.90 Å². The molecular formula is C28H29F2N5O3S. The molecule has 2 heterocycles. The highest BCUT2D eigenvalue weighted by Crippen LogP contribution is 2.32. The van der Waals surface area contributed by atoms with Gasteiger partial charge in [0.25, 0.3) is 11.8 Å². The van der Waals surface area contributed by atoms with Crippen LogP contribution >= 0.6 is 0 Å². The Balaban J connectivity index is 1.56. The van der Waals surface area contributed by atoms with Crippen molar-refractivity contribution in [2.45, 2.75) is 43.5 Å². The number of nitrogens with zero attached hydrogens (tertiary/aromatic N) is 3. The van der Waals surface area contributed by atoms with Crippen LogP contribution in [0.3, 0.4) is 0 Å². The van der Waals surface area contributed by atoms with Gasteiger partial charge in [0.2, 0.25) is 16.0 Å². The van der Waals surface area contributed by atoms with Crippen molar-refractivity contribution < 1.29 is 22.0 Å². The summed E-state index contributed by atoms with van der Waals surface area (Å²) in [6.45, 7) is 2.39. The number of primary sulfonamides is 1. The molecule has 1 fully saturated rings. The Morgan fingerprint density at radius 2 is 1.72 bits per heavy atom. The van der Waals surface area contributed by atoms with Gasteiger partial charge in [-0.1, -0.05) is 24.3 Å². The summed E-state index contributed by atoms with van der Waals surface area (Å²) in [6, 6.07) is 17.4. The fourth-order valence-electron chi connectivity index (χ4n) is 4.91. The van der Waals surface area contributed by atoms with E-state index in [1.54, 1.807) is 53.1 Å². The van der Waals surface area contributed by atoms with Crippen LogP contribution in [0.15, 0.2) is 71.6 Å². The standard InChI is InChI=1S/C28H29F2N5O3S/c1-28(29,30)23-8-4-3-7-20(23)18-35-25-14-9-19(26(36)34-15-5-2-6-16-34)17-24(25)33-27(35)32-21-10-12-22(13-11-21)39(31,37)38/h3-4,7-14,17H,2,5-6,15-16,18H2,1H3,(H,32,33)(H2,31,37,38). The number of carbonyl (C=O) groups excluding carboxylic acids is 1. The molecule has 0 saturated carbocycles. The minimum atomic E-state index is -3.86. The van der Waals surface area contributed by atoms with Crippen LogP contribution in [-0.4, -0.2) is 41.9 Å². The quantitative estimate of drug-likeness (QED) is 0.326. The van der Waals surface area contributed by atoms with E-state index < -0.39 is 15.9 Å². The van der Waals surface area contributed by atoms with Crippen LogP contribution in [-0.2, 0) is 22.5 Å². The third-order valence-corrected chi connectivity index (χ3v) is 7.83. The molecule has 3 aromatic carbocycles. The number of anilines is 2. The molecule has 1 aromatic heterocycles. The van der Waals surface area contributed by atoms with Crippen molar-refractivity contribution >= 4 is 38.6 Å². The Labute approximate surface area is 225 Å². The Hall–Kier alpha value is -3.83. The molecule has 8 nitrogen and oxygen atoms in total. The average molecular weight is 554 g/mol. The number of aromatic nitrogens is 2. The number of nitrogens with one attached hydrogen (secondary N) is 1. The third kappa shape index (κ3) is 5.79. The zero-order valence-corrected chi connectivity index (χ0v) is 22.2. The lowest BCUT2D eigenvalue weighted by atomic mass is 10.0. The van der Waals surface area contributed by atoms with Gasteiger partial charge in [0.05, 0.1) is 22.5 Å². The highest BCUT2D eigenvalue weighted by atomic mass is 32.2. The van der Waals surface area contributed by atoms with E-state index in [2.05, 4.69) is 5.32 Å². The number of hydrogen-bond donors (Lipinski definition) is 2. The van der Waals surface area contributed by atoms with Crippen LogP contribution in [0.1, 0.15) is 47.7 Å². The molecule has 1 aliphatic heterocycles. The van der Waals surface area contributed by atoms with Crippen LogP contribution in [0.4, 0.5) is 20.4 Å². The molecule has 5 rings (SSSR count). The number of halogens is 2. The Morgan fingerprint density at radius 3 is 2.38 bits per heavy atom. The number of nitrogens with two attached hydrogens (primary N) is 1. The summed E-state index contributed by atoms with van der Waals surface area (Å²) in [7, 11) is -3.86.